The Morgan fingerprint density at radius 3 is 2.57 bits per heavy atom. The van der Waals surface area contributed by atoms with Gasteiger partial charge in [0.15, 0.2) is 5.82 Å². The minimum Gasteiger partial charge on any atom is -0.330 e. The lowest BCUT2D eigenvalue weighted by molar-refractivity contribution is -0.00897. The number of hydrogen-bond acceptors (Lipinski definition) is 3. The van der Waals surface area contributed by atoms with E-state index in [0.717, 1.165) is 4.68 Å². The number of carbonyl (C=O) groups is 1. The second-order valence-electron chi connectivity index (χ2n) is 5.85. The zero-order valence-electron chi connectivity index (χ0n) is 12.0. The Labute approximate surface area is 129 Å². The molecule has 3 heterocycles. The maximum atomic E-state index is 14.2. The lowest BCUT2D eigenvalue weighted by atomic mass is 10.0. The Balaban J connectivity index is 1.69. The molecule has 1 atom stereocenters. The van der Waals surface area contributed by atoms with Crippen LogP contribution in [0.4, 0.5) is 13.2 Å². The predicted molar refractivity (Wildman–Crippen MR) is 73.9 cm³/mol. The summed E-state index contributed by atoms with van der Waals surface area (Å²) < 4.78 is 42.4. The molecule has 0 N–H and O–H groups in total. The van der Waals surface area contributed by atoms with Gasteiger partial charge in [0.25, 0.3) is 5.91 Å². The van der Waals surface area contributed by atoms with E-state index in [1.165, 1.54) is 4.90 Å². The predicted octanol–water partition coefficient (Wildman–Crippen LogP) is 2.16. The highest BCUT2D eigenvalue weighted by atomic mass is 19.3. The SMILES string of the molecule is O=C(c1nc2n(n1)[C@@H](c1ccccc1)CC2(F)F)N1CC(F)C1. The van der Waals surface area contributed by atoms with Crippen molar-refractivity contribution in [1.82, 2.24) is 19.7 Å². The fourth-order valence-electron chi connectivity index (χ4n) is 2.97. The van der Waals surface area contributed by atoms with Gasteiger partial charge in [0.1, 0.15) is 6.17 Å². The molecule has 1 amide bonds. The largest absolute Gasteiger partial charge is 0.330 e. The Bertz CT molecular complexity index is 755. The number of amides is 1. The molecule has 120 valence electrons. The molecule has 23 heavy (non-hydrogen) atoms. The number of hydrogen-bond donors (Lipinski definition) is 0. The van der Waals surface area contributed by atoms with Gasteiger partial charge in [-0.15, -0.1) is 5.10 Å². The number of benzene rings is 1. The highest BCUT2D eigenvalue weighted by Gasteiger charge is 2.49. The third-order valence-corrected chi connectivity index (χ3v) is 4.20. The molecular weight excluding hydrogens is 309 g/mol. The van der Waals surface area contributed by atoms with E-state index in [2.05, 4.69) is 10.1 Å². The van der Waals surface area contributed by atoms with Crippen molar-refractivity contribution >= 4 is 5.91 Å². The van der Waals surface area contributed by atoms with E-state index in [1.54, 1.807) is 30.3 Å². The number of aromatic nitrogens is 3. The summed E-state index contributed by atoms with van der Waals surface area (Å²) in [5, 5.41) is 3.98. The second kappa shape index (κ2) is 4.81. The normalized spacial score (nSPS) is 22.7. The fourth-order valence-corrected chi connectivity index (χ4v) is 2.97. The van der Waals surface area contributed by atoms with Gasteiger partial charge in [-0.05, 0) is 5.56 Å². The summed E-state index contributed by atoms with van der Waals surface area (Å²) in [5.41, 5.74) is 0.683. The average molecular weight is 322 g/mol. The number of halogens is 3. The van der Waals surface area contributed by atoms with Gasteiger partial charge >= 0.3 is 5.92 Å². The highest BCUT2D eigenvalue weighted by Crippen LogP contribution is 2.45. The van der Waals surface area contributed by atoms with E-state index in [-0.39, 0.29) is 18.9 Å². The molecule has 2 aliphatic rings. The van der Waals surface area contributed by atoms with Gasteiger partial charge < -0.3 is 4.90 Å². The first-order valence-corrected chi connectivity index (χ1v) is 7.29. The van der Waals surface area contributed by atoms with E-state index < -0.39 is 36.3 Å². The molecule has 0 spiro atoms. The molecular formula is C15H13F3N4O. The third-order valence-electron chi connectivity index (χ3n) is 4.20. The van der Waals surface area contributed by atoms with Crippen molar-refractivity contribution in [3.05, 3.63) is 47.5 Å². The van der Waals surface area contributed by atoms with Gasteiger partial charge in [0.2, 0.25) is 5.82 Å². The maximum absolute atomic E-state index is 14.2. The van der Waals surface area contributed by atoms with E-state index >= 15 is 0 Å². The van der Waals surface area contributed by atoms with Crippen LogP contribution in [0.25, 0.3) is 0 Å². The minimum absolute atomic E-state index is 0.0405. The molecule has 1 saturated heterocycles. The van der Waals surface area contributed by atoms with Crippen molar-refractivity contribution in [3.63, 3.8) is 0 Å². The van der Waals surface area contributed by atoms with Crippen LogP contribution in [-0.2, 0) is 5.92 Å². The van der Waals surface area contributed by atoms with E-state index in [9.17, 15) is 18.0 Å². The molecule has 2 aromatic rings. The van der Waals surface area contributed by atoms with Gasteiger partial charge in [-0.25, -0.2) is 14.1 Å². The monoisotopic (exact) mass is 322 g/mol. The molecule has 0 bridgehead atoms. The first-order chi connectivity index (χ1) is 11.0. The fraction of sp³-hybridized carbons (Fsp3) is 0.400. The molecule has 4 rings (SSSR count). The number of alkyl halides is 3. The lowest BCUT2D eigenvalue weighted by Crippen LogP contribution is -2.51. The number of likely N-dealkylation sites (tertiary alicyclic amines) is 1. The Hall–Kier alpha value is -2.38. The van der Waals surface area contributed by atoms with Crippen molar-refractivity contribution in [3.8, 4) is 0 Å². The molecule has 0 unspecified atom stereocenters. The van der Waals surface area contributed by atoms with Crippen LogP contribution in [0.5, 0.6) is 0 Å². The molecule has 5 nitrogen and oxygen atoms in total. The van der Waals surface area contributed by atoms with Crippen molar-refractivity contribution < 1.29 is 18.0 Å². The van der Waals surface area contributed by atoms with Crippen LogP contribution < -0.4 is 0 Å². The number of fused-ring (bicyclic) bond motifs is 1. The van der Waals surface area contributed by atoms with Crippen LogP contribution in [0.3, 0.4) is 0 Å². The minimum atomic E-state index is -3.15. The van der Waals surface area contributed by atoms with Crippen LogP contribution in [-0.4, -0.2) is 44.8 Å². The van der Waals surface area contributed by atoms with E-state index in [1.807, 2.05) is 0 Å². The molecule has 2 aliphatic heterocycles. The molecule has 8 heteroatoms. The third kappa shape index (κ3) is 2.20. The first kappa shape index (κ1) is 14.2. The molecule has 1 fully saturated rings. The summed E-state index contributed by atoms with van der Waals surface area (Å²) in [6.45, 7) is -0.0809. The zero-order chi connectivity index (χ0) is 16.2. The van der Waals surface area contributed by atoms with Crippen LogP contribution in [0.15, 0.2) is 30.3 Å². The zero-order valence-corrected chi connectivity index (χ0v) is 12.0. The van der Waals surface area contributed by atoms with Crippen LogP contribution in [0.1, 0.15) is 34.5 Å². The van der Waals surface area contributed by atoms with Crippen molar-refractivity contribution in [2.75, 3.05) is 13.1 Å². The summed E-state index contributed by atoms with van der Waals surface area (Å²) in [6, 6.07) is 8.13. The topological polar surface area (TPSA) is 51.0 Å². The number of carbonyl (C=O) groups excluding carboxylic acids is 1. The summed E-state index contributed by atoms with van der Waals surface area (Å²) in [6.07, 6.45) is -1.50. The summed E-state index contributed by atoms with van der Waals surface area (Å²) in [5.74, 6) is -4.56. The van der Waals surface area contributed by atoms with Gasteiger partial charge in [0.05, 0.1) is 19.1 Å². The Kier molecular flexibility index (Phi) is 2.97. The van der Waals surface area contributed by atoms with E-state index in [4.69, 9.17) is 0 Å². The standard InChI is InChI=1S/C15H13F3N4O/c16-10-7-21(8-10)13(23)12-19-14-15(17,18)6-11(22(14)20-12)9-4-2-1-3-5-9/h1-5,10-11H,6-8H2/t11-/m1/s1. The maximum Gasteiger partial charge on any atom is 0.308 e. The first-order valence-electron chi connectivity index (χ1n) is 7.29. The molecule has 1 aromatic carbocycles. The van der Waals surface area contributed by atoms with Crippen molar-refractivity contribution in [1.29, 1.82) is 0 Å². The smallest absolute Gasteiger partial charge is 0.308 e. The summed E-state index contributed by atoms with van der Waals surface area (Å²) in [7, 11) is 0. The van der Waals surface area contributed by atoms with Gasteiger partial charge in [-0.2, -0.15) is 8.78 Å². The van der Waals surface area contributed by atoms with Crippen LogP contribution in [0.2, 0.25) is 0 Å². The number of rotatable bonds is 2. The lowest BCUT2D eigenvalue weighted by Gasteiger charge is -2.33. The van der Waals surface area contributed by atoms with Gasteiger partial charge in [-0.3, -0.25) is 4.79 Å². The molecule has 0 saturated carbocycles. The molecule has 0 aliphatic carbocycles. The van der Waals surface area contributed by atoms with Crippen molar-refractivity contribution in [2.45, 2.75) is 24.6 Å². The summed E-state index contributed by atoms with van der Waals surface area (Å²) >= 11 is 0. The van der Waals surface area contributed by atoms with E-state index in [0.29, 0.717) is 5.56 Å². The number of nitrogens with zero attached hydrogens (tertiary/aromatic N) is 4. The van der Waals surface area contributed by atoms with Gasteiger partial charge in [-0.1, -0.05) is 30.3 Å². The molecule has 1 aromatic heterocycles. The highest BCUT2D eigenvalue weighted by molar-refractivity contribution is 5.91. The average Bonchev–Trinajstić information content (AvgIpc) is 3.04. The Morgan fingerprint density at radius 1 is 1.22 bits per heavy atom. The Morgan fingerprint density at radius 2 is 1.91 bits per heavy atom. The van der Waals surface area contributed by atoms with Crippen molar-refractivity contribution in [2.24, 2.45) is 0 Å². The van der Waals surface area contributed by atoms with Crippen LogP contribution >= 0.6 is 0 Å². The van der Waals surface area contributed by atoms with Crippen LogP contribution in [0, 0.1) is 0 Å². The second-order valence-corrected chi connectivity index (χ2v) is 5.85. The van der Waals surface area contributed by atoms with Gasteiger partial charge in [0, 0.05) is 6.42 Å². The summed E-state index contributed by atoms with van der Waals surface area (Å²) in [4.78, 5) is 17.1. The molecule has 0 radical (unpaired) electrons. The quantitative estimate of drug-likeness (QED) is 0.851.